The van der Waals surface area contributed by atoms with Gasteiger partial charge < -0.3 is 9.84 Å². The van der Waals surface area contributed by atoms with Crippen LogP contribution in [0.5, 0.6) is 0 Å². The molecule has 0 saturated carbocycles. The summed E-state index contributed by atoms with van der Waals surface area (Å²) in [5.41, 5.74) is -0.900. The first-order valence-corrected chi connectivity index (χ1v) is 4.73. The molecule has 1 saturated heterocycles. The maximum Gasteiger partial charge on any atom is 0.336 e. The summed E-state index contributed by atoms with van der Waals surface area (Å²) in [5, 5.41) is 8.85. The van der Waals surface area contributed by atoms with Crippen molar-refractivity contribution in [2.75, 3.05) is 18.6 Å². The van der Waals surface area contributed by atoms with Crippen molar-refractivity contribution in [1.29, 1.82) is 0 Å². The van der Waals surface area contributed by atoms with Crippen LogP contribution in [-0.2, 0) is 9.53 Å². The van der Waals surface area contributed by atoms with E-state index in [1.807, 2.05) is 0 Å². The topological polar surface area (TPSA) is 46.5 Å². The Hall–Kier alpha value is -0.220. The first-order valence-electron chi connectivity index (χ1n) is 3.57. The van der Waals surface area contributed by atoms with Crippen molar-refractivity contribution >= 4 is 17.7 Å². The van der Waals surface area contributed by atoms with Gasteiger partial charge in [0, 0.05) is 12.9 Å². The number of hydrogen-bond donors (Lipinski definition) is 1. The molecule has 1 aliphatic heterocycles. The number of rotatable bonds is 2. The van der Waals surface area contributed by atoms with Gasteiger partial charge in [-0.2, -0.15) is 11.8 Å². The van der Waals surface area contributed by atoms with Gasteiger partial charge in [0.25, 0.3) is 0 Å². The molecular formula is C7H12O3S. The van der Waals surface area contributed by atoms with Crippen LogP contribution in [0.2, 0.25) is 0 Å². The van der Waals surface area contributed by atoms with Crippen molar-refractivity contribution in [3.8, 4) is 0 Å². The molecule has 0 amide bonds. The van der Waals surface area contributed by atoms with Crippen molar-refractivity contribution in [3.05, 3.63) is 0 Å². The van der Waals surface area contributed by atoms with Gasteiger partial charge in [-0.15, -0.1) is 0 Å². The lowest BCUT2D eigenvalue weighted by molar-refractivity contribution is -0.160. The highest BCUT2D eigenvalue weighted by atomic mass is 32.2. The van der Waals surface area contributed by atoms with Gasteiger partial charge in [0.1, 0.15) is 0 Å². The molecule has 0 aromatic carbocycles. The van der Waals surface area contributed by atoms with E-state index in [0.717, 1.165) is 12.2 Å². The Balaban J connectivity index is 2.64. The third-order valence-corrected chi connectivity index (χ3v) is 3.23. The minimum absolute atomic E-state index is 0.582. The predicted octanol–water partition coefficient (Wildman–Crippen LogP) is 0.983. The minimum Gasteiger partial charge on any atom is -0.479 e. The van der Waals surface area contributed by atoms with Crippen LogP contribution in [0.3, 0.4) is 0 Å². The number of hydrogen-bond acceptors (Lipinski definition) is 3. The molecule has 0 aliphatic carbocycles. The molecule has 3 nitrogen and oxygen atoms in total. The zero-order chi connectivity index (χ0) is 8.32. The van der Waals surface area contributed by atoms with Crippen LogP contribution in [0.1, 0.15) is 12.8 Å². The Labute approximate surface area is 70.1 Å². The zero-order valence-corrected chi connectivity index (χ0v) is 7.32. The highest BCUT2D eigenvalue weighted by Crippen LogP contribution is 2.29. The second-order valence-electron chi connectivity index (χ2n) is 2.66. The van der Waals surface area contributed by atoms with E-state index in [4.69, 9.17) is 9.84 Å². The molecule has 4 heteroatoms. The quantitative estimate of drug-likeness (QED) is 0.681. The van der Waals surface area contributed by atoms with Gasteiger partial charge in [-0.05, 0) is 18.6 Å². The van der Waals surface area contributed by atoms with Gasteiger partial charge in [0.2, 0.25) is 0 Å². The summed E-state index contributed by atoms with van der Waals surface area (Å²) in [6.07, 6.45) is 1.58. The summed E-state index contributed by atoms with van der Waals surface area (Å²) in [7, 11) is 1.47. The van der Waals surface area contributed by atoms with Crippen LogP contribution in [0.15, 0.2) is 0 Å². The maximum atomic E-state index is 10.8. The molecule has 1 fully saturated rings. The summed E-state index contributed by atoms with van der Waals surface area (Å²) < 4.78 is 5.02. The molecule has 0 aromatic rings. The zero-order valence-electron chi connectivity index (χ0n) is 6.50. The van der Waals surface area contributed by atoms with Gasteiger partial charge in [-0.25, -0.2) is 4.79 Å². The van der Waals surface area contributed by atoms with Crippen molar-refractivity contribution in [1.82, 2.24) is 0 Å². The van der Waals surface area contributed by atoms with Crippen LogP contribution < -0.4 is 0 Å². The van der Waals surface area contributed by atoms with Crippen LogP contribution in [0, 0.1) is 0 Å². The van der Waals surface area contributed by atoms with Gasteiger partial charge in [0.15, 0.2) is 5.60 Å². The average molecular weight is 176 g/mol. The predicted molar refractivity (Wildman–Crippen MR) is 43.9 cm³/mol. The Morgan fingerprint density at radius 2 is 2.45 bits per heavy atom. The Kier molecular flexibility index (Phi) is 2.78. The number of methoxy groups -OCH3 is 1. The fourth-order valence-electron chi connectivity index (χ4n) is 1.19. The molecule has 1 atom stereocenters. The van der Waals surface area contributed by atoms with Gasteiger partial charge in [-0.1, -0.05) is 0 Å². The minimum atomic E-state index is -0.900. The summed E-state index contributed by atoms with van der Waals surface area (Å²) >= 11 is 1.65. The molecule has 1 N–H and O–H groups in total. The third-order valence-electron chi connectivity index (χ3n) is 1.99. The molecular weight excluding hydrogens is 164 g/mol. The standard InChI is InChI=1S/C7H12O3S/c1-10-7(6(8)9)3-2-4-11-5-7/h2-5H2,1H3,(H,8,9). The van der Waals surface area contributed by atoms with Crippen LogP contribution in [-0.4, -0.2) is 35.3 Å². The molecule has 11 heavy (non-hydrogen) atoms. The van der Waals surface area contributed by atoms with E-state index in [2.05, 4.69) is 0 Å². The van der Waals surface area contributed by atoms with Gasteiger partial charge >= 0.3 is 5.97 Å². The SMILES string of the molecule is COC1(C(=O)O)CCCSC1. The fraction of sp³-hybridized carbons (Fsp3) is 0.857. The van der Waals surface area contributed by atoms with E-state index in [9.17, 15) is 4.79 Å². The lowest BCUT2D eigenvalue weighted by Gasteiger charge is -2.30. The molecule has 0 radical (unpaired) electrons. The van der Waals surface area contributed by atoms with E-state index in [-0.39, 0.29) is 0 Å². The summed E-state index contributed by atoms with van der Waals surface area (Å²) in [5.74, 6) is 0.809. The van der Waals surface area contributed by atoms with E-state index >= 15 is 0 Å². The number of carboxylic acid groups (broad SMARTS) is 1. The normalized spacial score (nSPS) is 31.7. The second-order valence-corrected chi connectivity index (χ2v) is 3.76. The number of carbonyl (C=O) groups is 1. The third kappa shape index (κ3) is 1.68. The number of carboxylic acids is 1. The number of thioether (sulfide) groups is 1. The molecule has 0 spiro atoms. The lowest BCUT2D eigenvalue weighted by Crippen LogP contribution is -2.45. The number of aliphatic carboxylic acids is 1. The van der Waals surface area contributed by atoms with Crippen molar-refractivity contribution in [3.63, 3.8) is 0 Å². The van der Waals surface area contributed by atoms with Gasteiger partial charge in [0.05, 0.1) is 0 Å². The fourth-order valence-corrected chi connectivity index (χ4v) is 2.39. The highest BCUT2D eigenvalue weighted by molar-refractivity contribution is 7.99. The largest absolute Gasteiger partial charge is 0.479 e. The molecule has 1 unspecified atom stereocenters. The molecule has 0 aromatic heterocycles. The smallest absolute Gasteiger partial charge is 0.336 e. The lowest BCUT2D eigenvalue weighted by atomic mass is 10.0. The van der Waals surface area contributed by atoms with Crippen molar-refractivity contribution in [2.24, 2.45) is 0 Å². The number of ether oxygens (including phenoxy) is 1. The van der Waals surface area contributed by atoms with E-state index in [1.54, 1.807) is 11.8 Å². The Bertz CT molecular complexity index is 152. The second kappa shape index (κ2) is 3.45. The van der Waals surface area contributed by atoms with E-state index in [1.165, 1.54) is 7.11 Å². The summed E-state index contributed by atoms with van der Waals surface area (Å²) in [6.45, 7) is 0. The first-order chi connectivity index (χ1) is 5.21. The summed E-state index contributed by atoms with van der Waals surface area (Å²) in [4.78, 5) is 10.8. The van der Waals surface area contributed by atoms with Crippen LogP contribution in [0.4, 0.5) is 0 Å². The van der Waals surface area contributed by atoms with E-state index < -0.39 is 11.6 Å². The van der Waals surface area contributed by atoms with Crippen LogP contribution in [0.25, 0.3) is 0 Å². The monoisotopic (exact) mass is 176 g/mol. The van der Waals surface area contributed by atoms with Crippen molar-refractivity contribution in [2.45, 2.75) is 18.4 Å². The Morgan fingerprint density at radius 1 is 1.73 bits per heavy atom. The Morgan fingerprint density at radius 3 is 2.73 bits per heavy atom. The maximum absolute atomic E-state index is 10.8. The van der Waals surface area contributed by atoms with E-state index in [0.29, 0.717) is 12.2 Å². The average Bonchev–Trinajstić information content (AvgIpc) is 2.05. The molecule has 1 aliphatic rings. The molecule has 0 bridgehead atoms. The molecule has 1 heterocycles. The van der Waals surface area contributed by atoms with Crippen molar-refractivity contribution < 1.29 is 14.6 Å². The van der Waals surface area contributed by atoms with Crippen LogP contribution >= 0.6 is 11.8 Å². The molecule has 1 rings (SSSR count). The molecule has 64 valence electrons. The highest BCUT2D eigenvalue weighted by Gasteiger charge is 2.39. The summed E-state index contributed by atoms with van der Waals surface area (Å²) in [6, 6.07) is 0. The first kappa shape index (κ1) is 8.87. The van der Waals surface area contributed by atoms with Gasteiger partial charge in [-0.3, -0.25) is 0 Å².